The van der Waals surface area contributed by atoms with Gasteiger partial charge in [0.25, 0.3) is 5.91 Å². The summed E-state index contributed by atoms with van der Waals surface area (Å²) in [4.78, 5) is 23.8. The topological polar surface area (TPSA) is 75.4 Å². The zero-order valence-electron chi connectivity index (χ0n) is 18.0. The number of aryl methyl sites for hydroxylation is 1. The Bertz CT molecular complexity index is 999. The Morgan fingerprint density at radius 3 is 2.77 bits per heavy atom. The fourth-order valence-corrected chi connectivity index (χ4v) is 3.17. The van der Waals surface area contributed by atoms with Crippen LogP contribution >= 0.6 is 0 Å². The minimum Gasteiger partial charge on any atom is -0.360 e. The lowest BCUT2D eigenvalue weighted by molar-refractivity contribution is 0.0910. The van der Waals surface area contributed by atoms with Crippen LogP contribution in [0.2, 0.25) is 0 Å². The van der Waals surface area contributed by atoms with Crippen LogP contribution in [0.15, 0.2) is 36.8 Å². The number of halogens is 1. The summed E-state index contributed by atoms with van der Waals surface area (Å²) in [5, 5.41) is 7.33. The normalized spacial score (nSPS) is 11.6. The van der Waals surface area contributed by atoms with Gasteiger partial charge in [0.05, 0.1) is 12.4 Å². The third-order valence-electron chi connectivity index (χ3n) is 5.08. The van der Waals surface area contributed by atoms with Gasteiger partial charge in [0.1, 0.15) is 17.2 Å². The molecule has 7 nitrogen and oxygen atoms in total. The molecule has 0 spiro atoms. The second kappa shape index (κ2) is 9.19. The molecule has 0 saturated carbocycles. The first-order valence-corrected chi connectivity index (χ1v) is 10.3. The van der Waals surface area contributed by atoms with Gasteiger partial charge in [-0.2, -0.15) is 5.10 Å². The Balaban J connectivity index is 1.71. The number of anilines is 1. The third kappa shape index (κ3) is 5.31. The average molecular weight is 413 g/mol. The van der Waals surface area contributed by atoms with Gasteiger partial charge in [-0.05, 0) is 51.3 Å². The molecule has 0 radical (unpaired) electrons. The van der Waals surface area contributed by atoms with Gasteiger partial charge in [0.15, 0.2) is 5.65 Å². The molecule has 0 atom stereocenters. The van der Waals surface area contributed by atoms with E-state index in [1.165, 1.54) is 12.3 Å². The highest BCUT2D eigenvalue weighted by atomic mass is 19.1. The van der Waals surface area contributed by atoms with E-state index in [9.17, 15) is 9.18 Å². The van der Waals surface area contributed by atoms with Crippen LogP contribution in [0.4, 0.5) is 10.2 Å². The first kappa shape index (κ1) is 21.7. The van der Waals surface area contributed by atoms with Crippen LogP contribution in [0.1, 0.15) is 56.1 Å². The number of fused-ring (bicyclic) bond motifs is 1. The molecule has 1 N–H and O–H groups in total. The summed E-state index contributed by atoms with van der Waals surface area (Å²) in [5.74, 6) is 0.238. The van der Waals surface area contributed by atoms with Crippen molar-refractivity contribution >= 4 is 17.4 Å². The second-order valence-corrected chi connectivity index (χ2v) is 8.19. The molecule has 3 aromatic heterocycles. The molecule has 0 fully saturated rings. The first-order chi connectivity index (χ1) is 14.3. The molecule has 30 heavy (non-hydrogen) atoms. The van der Waals surface area contributed by atoms with Crippen LogP contribution < -0.4 is 10.2 Å². The van der Waals surface area contributed by atoms with Gasteiger partial charge in [0.2, 0.25) is 0 Å². The summed E-state index contributed by atoms with van der Waals surface area (Å²) in [5.41, 5.74) is 1.28. The SMILES string of the molecule is CCCCN(C)c1ccn2ncc(C(=O)NC(C)(C)CCc3ccc(F)cn3)c2n1. The summed E-state index contributed by atoms with van der Waals surface area (Å²) < 4.78 is 14.6. The van der Waals surface area contributed by atoms with Gasteiger partial charge in [0, 0.05) is 31.0 Å². The van der Waals surface area contributed by atoms with Crippen LogP contribution in [0.25, 0.3) is 5.65 Å². The monoisotopic (exact) mass is 412 g/mol. The summed E-state index contributed by atoms with van der Waals surface area (Å²) in [7, 11) is 2.00. The number of hydrogen-bond acceptors (Lipinski definition) is 5. The van der Waals surface area contributed by atoms with E-state index in [0.29, 0.717) is 24.1 Å². The van der Waals surface area contributed by atoms with Crippen molar-refractivity contribution in [1.29, 1.82) is 0 Å². The highest BCUT2D eigenvalue weighted by Crippen LogP contribution is 2.18. The van der Waals surface area contributed by atoms with Crippen molar-refractivity contribution in [1.82, 2.24) is 24.9 Å². The van der Waals surface area contributed by atoms with Crippen molar-refractivity contribution in [2.45, 2.75) is 52.0 Å². The predicted molar refractivity (Wildman–Crippen MR) is 115 cm³/mol. The zero-order chi connectivity index (χ0) is 21.7. The molecular weight excluding hydrogens is 383 g/mol. The van der Waals surface area contributed by atoms with Crippen molar-refractivity contribution in [3.8, 4) is 0 Å². The van der Waals surface area contributed by atoms with Crippen LogP contribution in [-0.2, 0) is 6.42 Å². The Labute approximate surface area is 176 Å². The number of unbranched alkanes of at least 4 members (excludes halogenated alkanes) is 1. The molecule has 0 unspecified atom stereocenters. The standard InChI is InChI=1S/C22H29FN6O/c1-5-6-12-28(4)19-10-13-29-20(26-19)18(15-25-29)21(30)27-22(2,3)11-9-17-8-7-16(23)14-24-17/h7-8,10,13-15H,5-6,9,11-12H2,1-4H3,(H,27,30). The number of nitrogens with one attached hydrogen (secondary N) is 1. The number of aromatic nitrogens is 4. The Morgan fingerprint density at radius 2 is 2.07 bits per heavy atom. The van der Waals surface area contributed by atoms with Gasteiger partial charge in [-0.25, -0.2) is 13.9 Å². The largest absolute Gasteiger partial charge is 0.360 e. The summed E-state index contributed by atoms with van der Waals surface area (Å²) >= 11 is 0. The molecule has 0 aliphatic carbocycles. The number of nitrogens with zero attached hydrogens (tertiary/aromatic N) is 5. The number of amides is 1. The van der Waals surface area contributed by atoms with E-state index < -0.39 is 5.54 Å². The molecule has 1 amide bonds. The molecule has 160 valence electrons. The molecule has 0 bridgehead atoms. The molecule has 0 aliphatic rings. The molecule has 3 rings (SSSR count). The fraction of sp³-hybridized carbons (Fsp3) is 0.455. The molecule has 0 aliphatic heterocycles. The predicted octanol–water partition coefficient (Wildman–Crippen LogP) is 3.64. The number of pyridine rings is 1. The minimum atomic E-state index is -0.475. The third-order valence-corrected chi connectivity index (χ3v) is 5.08. The van der Waals surface area contributed by atoms with Crippen LogP contribution in [0, 0.1) is 5.82 Å². The van der Waals surface area contributed by atoms with Crippen molar-refractivity contribution in [3.63, 3.8) is 0 Å². The molecular formula is C22H29FN6O. The summed E-state index contributed by atoms with van der Waals surface area (Å²) in [6, 6.07) is 4.96. The van der Waals surface area contributed by atoms with Gasteiger partial charge < -0.3 is 10.2 Å². The molecule has 0 aromatic carbocycles. The van der Waals surface area contributed by atoms with Crippen LogP contribution in [0.5, 0.6) is 0 Å². The molecule has 3 aromatic rings. The lowest BCUT2D eigenvalue weighted by Crippen LogP contribution is -2.43. The van der Waals surface area contributed by atoms with E-state index in [1.54, 1.807) is 16.8 Å². The number of hydrogen-bond donors (Lipinski definition) is 1. The Morgan fingerprint density at radius 1 is 1.27 bits per heavy atom. The van der Waals surface area contributed by atoms with Crippen molar-refractivity contribution in [2.75, 3.05) is 18.5 Å². The van der Waals surface area contributed by atoms with Crippen molar-refractivity contribution in [3.05, 3.63) is 53.9 Å². The molecule has 3 heterocycles. The van der Waals surface area contributed by atoms with E-state index in [2.05, 4.69) is 32.2 Å². The second-order valence-electron chi connectivity index (χ2n) is 8.19. The van der Waals surface area contributed by atoms with Crippen molar-refractivity contribution < 1.29 is 9.18 Å². The molecule has 8 heteroatoms. The highest BCUT2D eigenvalue weighted by Gasteiger charge is 2.24. The Kier molecular flexibility index (Phi) is 6.64. The lowest BCUT2D eigenvalue weighted by Gasteiger charge is -2.26. The number of carbonyl (C=O) groups is 1. The van der Waals surface area contributed by atoms with Gasteiger partial charge in [-0.1, -0.05) is 13.3 Å². The summed E-state index contributed by atoms with van der Waals surface area (Å²) in [6.07, 6.45) is 8.05. The minimum absolute atomic E-state index is 0.220. The van der Waals surface area contributed by atoms with Gasteiger partial charge >= 0.3 is 0 Å². The Hall–Kier alpha value is -3.03. The van der Waals surface area contributed by atoms with Crippen molar-refractivity contribution in [2.24, 2.45) is 0 Å². The smallest absolute Gasteiger partial charge is 0.257 e. The lowest BCUT2D eigenvalue weighted by atomic mass is 9.96. The first-order valence-electron chi connectivity index (χ1n) is 10.3. The van der Waals surface area contributed by atoms with Gasteiger partial charge in [-0.3, -0.25) is 9.78 Å². The quantitative estimate of drug-likeness (QED) is 0.581. The van der Waals surface area contributed by atoms with E-state index in [-0.39, 0.29) is 11.7 Å². The van der Waals surface area contributed by atoms with E-state index in [4.69, 9.17) is 0 Å². The van der Waals surface area contributed by atoms with Crippen LogP contribution in [-0.4, -0.2) is 44.6 Å². The fourth-order valence-electron chi connectivity index (χ4n) is 3.17. The molecule has 0 saturated heterocycles. The van der Waals surface area contributed by atoms with E-state index in [0.717, 1.165) is 30.9 Å². The number of carbonyl (C=O) groups excluding carboxylic acids is 1. The maximum Gasteiger partial charge on any atom is 0.257 e. The maximum atomic E-state index is 13.0. The summed E-state index contributed by atoms with van der Waals surface area (Å²) in [6.45, 7) is 6.96. The number of rotatable bonds is 9. The maximum absolute atomic E-state index is 13.0. The highest BCUT2D eigenvalue weighted by molar-refractivity contribution is 6.00. The average Bonchev–Trinajstić information content (AvgIpc) is 3.14. The van der Waals surface area contributed by atoms with Crippen LogP contribution in [0.3, 0.4) is 0 Å². The zero-order valence-corrected chi connectivity index (χ0v) is 18.0. The van der Waals surface area contributed by atoms with E-state index in [1.807, 2.05) is 33.2 Å². The van der Waals surface area contributed by atoms with Gasteiger partial charge in [-0.15, -0.1) is 0 Å². The van der Waals surface area contributed by atoms with E-state index >= 15 is 0 Å².